The van der Waals surface area contributed by atoms with Crippen LogP contribution in [0.15, 0.2) is 24.3 Å². The van der Waals surface area contributed by atoms with E-state index in [1.54, 1.807) is 0 Å². The normalized spacial score (nSPS) is 17.9. The Morgan fingerprint density at radius 2 is 1.76 bits per heavy atom. The number of benzene rings is 1. The lowest BCUT2D eigenvalue weighted by Gasteiger charge is -2.25. The molecule has 0 radical (unpaired) electrons. The number of rotatable bonds is 2. The fourth-order valence-electron chi connectivity index (χ4n) is 3.09. The van der Waals surface area contributed by atoms with Crippen LogP contribution in [0.5, 0.6) is 0 Å². The minimum Gasteiger partial charge on any atom is -0.220 e. The monoisotopic (exact) mass is 320 g/mol. The lowest BCUT2D eigenvalue weighted by atomic mass is 9.82. The predicted molar refractivity (Wildman–Crippen MR) is 87.4 cm³/mol. The Labute approximate surface area is 135 Å². The van der Waals surface area contributed by atoms with Gasteiger partial charge in [0.05, 0.1) is 0 Å². The number of fused-ring (bicyclic) bond motifs is 1. The minimum absolute atomic E-state index is 0.200. The molecule has 21 heavy (non-hydrogen) atoms. The molecule has 0 saturated carbocycles. The first-order valence-electron chi connectivity index (χ1n) is 7.38. The Morgan fingerprint density at radius 3 is 2.43 bits per heavy atom. The molecule has 1 aliphatic carbocycles. The van der Waals surface area contributed by atoms with E-state index in [9.17, 15) is 0 Å². The summed E-state index contributed by atoms with van der Waals surface area (Å²) >= 11 is 12.7. The van der Waals surface area contributed by atoms with Gasteiger partial charge in [0.25, 0.3) is 0 Å². The zero-order valence-corrected chi connectivity index (χ0v) is 13.7. The standard InChI is InChI=1S/C17H18Cl2N2/c1-10(2)14-15(18)20-17(21-16(14)19)13-9-5-7-11-6-3-4-8-12(11)13/h3-4,6,8,10,13H,5,7,9H2,1-2H3. The van der Waals surface area contributed by atoms with Gasteiger partial charge in [-0.3, -0.25) is 0 Å². The summed E-state index contributed by atoms with van der Waals surface area (Å²) in [4.78, 5) is 9.10. The Balaban J connectivity index is 2.07. The van der Waals surface area contributed by atoms with Crippen molar-refractivity contribution in [2.24, 2.45) is 0 Å². The van der Waals surface area contributed by atoms with Crippen LogP contribution in [0.25, 0.3) is 0 Å². The van der Waals surface area contributed by atoms with Crippen LogP contribution in [0.3, 0.4) is 0 Å². The molecule has 0 aliphatic heterocycles. The number of halogens is 2. The van der Waals surface area contributed by atoms with Crippen molar-refractivity contribution < 1.29 is 0 Å². The van der Waals surface area contributed by atoms with Crippen molar-refractivity contribution in [1.29, 1.82) is 0 Å². The molecule has 1 aliphatic rings. The quantitative estimate of drug-likeness (QED) is 0.694. The highest BCUT2D eigenvalue weighted by Gasteiger charge is 2.26. The van der Waals surface area contributed by atoms with E-state index in [0.717, 1.165) is 30.7 Å². The van der Waals surface area contributed by atoms with Crippen LogP contribution in [0, 0.1) is 0 Å². The van der Waals surface area contributed by atoms with E-state index in [-0.39, 0.29) is 11.8 Å². The van der Waals surface area contributed by atoms with Crippen LogP contribution < -0.4 is 0 Å². The van der Waals surface area contributed by atoms with Gasteiger partial charge in [-0.2, -0.15) is 0 Å². The van der Waals surface area contributed by atoms with E-state index in [2.05, 4.69) is 34.2 Å². The first-order valence-corrected chi connectivity index (χ1v) is 8.14. The van der Waals surface area contributed by atoms with E-state index in [1.807, 2.05) is 13.8 Å². The maximum Gasteiger partial charge on any atom is 0.139 e. The second-order valence-corrected chi connectivity index (χ2v) is 6.59. The Morgan fingerprint density at radius 1 is 1.10 bits per heavy atom. The fourth-order valence-corrected chi connectivity index (χ4v) is 3.92. The smallest absolute Gasteiger partial charge is 0.139 e. The molecule has 110 valence electrons. The Kier molecular flexibility index (Phi) is 4.19. The minimum atomic E-state index is 0.200. The van der Waals surface area contributed by atoms with Gasteiger partial charge in [0.1, 0.15) is 16.1 Å². The zero-order valence-electron chi connectivity index (χ0n) is 12.2. The summed E-state index contributed by atoms with van der Waals surface area (Å²) in [6, 6.07) is 8.51. The molecule has 0 N–H and O–H groups in total. The van der Waals surface area contributed by atoms with Crippen molar-refractivity contribution in [3.8, 4) is 0 Å². The molecule has 3 rings (SSSR count). The average Bonchev–Trinajstić information content (AvgIpc) is 2.45. The maximum atomic E-state index is 6.34. The van der Waals surface area contributed by atoms with Gasteiger partial charge >= 0.3 is 0 Å². The average molecular weight is 321 g/mol. The number of aryl methyl sites for hydroxylation is 1. The first-order chi connectivity index (χ1) is 10.1. The molecule has 0 bridgehead atoms. The van der Waals surface area contributed by atoms with Crippen LogP contribution in [-0.2, 0) is 6.42 Å². The molecule has 1 unspecified atom stereocenters. The Hall–Kier alpha value is -1.12. The SMILES string of the molecule is CC(C)c1c(Cl)nc(C2CCCc3ccccc32)nc1Cl. The van der Waals surface area contributed by atoms with Gasteiger partial charge < -0.3 is 0 Å². The van der Waals surface area contributed by atoms with Crippen molar-refractivity contribution in [1.82, 2.24) is 9.97 Å². The van der Waals surface area contributed by atoms with Crippen LogP contribution in [0.2, 0.25) is 10.3 Å². The van der Waals surface area contributed by atoms with Gasteiger partial charge in [-0.05, 0) is 36.3 Å². The molecular formula is C17H18Cl2N2. The molecule has 2 aromatic rings. The van der Waals surface area contributed by atoms with Crippen molar-refractivity contribution in [3.63, 3.8) is 0 Å². The van der Waals surface area contributed by atoms with Gasteiger partial charge in [0.15, 0.2) is 0 Å². The molecule has 1 heterocycles. The van der Waals surface area contributed by atoms with Crippen LogP contribution in [0.4, 0.5) is 0 Å². The van der Waals surface area contributed by atoms with Crippen molar-refractivity contribution in [3.05, 3.63) is 57.1 Å². The van der Waals surface area contributed by atoms with Gasteiger partial charge in [-0.1, -0.05) is 61.3 Å². The topological polar surface area (TPSA) is 25.8 Å². The summed E-state index contributed by atoms with van der Waals surface area (Å²) in [5.74, 6) is 1.17. The lowest BCUT2D eigenvalue weighted by Crippen LogP contribution is -2.15. The largest absolute Gasteiger partial charge is 0.220 e. The summed E-state index contributed by atoms with van der Waals surface area (Å²) in [6.07, 6.45) is 3.31. The second kappa shape index (κ2) is 5.94. The molecule has 1 atom stereocenters. The number of aromatic nitrogens is 2. The predicted octanol–water partition coefficient (Wildman–Crippen LogP) is 5.38. The van der Waals surface area contributed by atoms with Crippen LogP contribution in [0.1, 0.15) is 61.0 Å². The Bertz CT molecular complexity index is 645. The highest BCUT2D eigenvalue weighted by Crippen LogP contribution is 2.37. The van der Waals surface area contributed by atoms with E-state index in [4.69, 9.17) is 23.2 Å². The van der Waals surface area contributed by atoms with Crippen molar-refractivity contribution >= 4 is 23.2 Å². The number of hydrogen-bond donors (Lipinski definition) is 0. The number of hydrogen-bond acceptors (Lipinski definition) is 2. The summed E-state index contributed by atoms with van der Waals surface area (Å²) in [6.45, 7) is 4.10. The highest BCUT2D eigenvalue weighted by atomic mass is 35.5. The fraction of sp³-hybridized carbons (Fsp3) is 0.412. The molecule has 0 spiro atoms. The van der Waals surface area contributed by atoms with E-state index in [0.29, 0.717) is 10.3 Å². The van der Waals surface area contributed by atoms with Crippen molar-refractivity contribution in [2.45, 2.75) is 44.9 Å². The molecule has 0 fully saturated rings. The third-order valence-electron chi connectivity index (χ3n) is 4.13. The number of nitrogens with zero attached hydrogens (tertiary/aromatic N) is 2. The molecule has 2 nitrogen and oxygen atoms in total. The molecule has 0 amide bonds. The lowest BCUT2D eigenvalue weighted by molar-refractivity contribution is 0.588. The van der Waals surface area contributed by atoms with E-state index < -0.39 is 0 Å². The van der Waals surface area contributed by atoms with Crippen LogP contribution >= 0.6 is 23.2 Å². The molecule has 1 aromatic carbocycles. The molecular weight excluding hydrogens is 303 g/mol. The summed E-state index contributed by atoms with van der Waals surface area (Å²) < 4.78 is 0. The van der Waals surface area contributed by atoms with Crippen LogP contribution in [-0.4, -0.2) is 9.97 Å². The van der Waals surface area contributed by atoms with E-state index >= 15 is 0 Å². The van der Waals surface area contributed by atoms with E-state index in [1.165, 1.54) is 11.1 Å². The van der Waals surface area contributed by atoms with Gasteiger partial charge in [-0.25, -0.2) is 9.97 Å². The summed E-state index contributed by atoms with van der Waals surface area (Å²) in [5.41, 5.74) is 3.54. The van der Waals surface area contributed by atoms with Gasteiger partial charge in [-0.15, -0.1) is 0 Å². The van der Waals surface area contributed by atoms with Gasteiger partial charge in [0, 0.05) is 11.5 Å². The third kappa shape index (κ3) is 2.79. The third-order valence-corrected chi connectivity index (χ3v) is 4.70. The molecule has 1 aromatic heterocycles. The second-order valence-electron chi connectivity index (χ2n) is 5.88. The van der Waals surface area contributed by atoms with Gasteiger partial charge in [0.2, 0.25) is 0 Å². The van der Waals surface area contributed by atoms with Crippen molar-refractivity contribution in [2.75, 3.05) is 0 Å². The summed E-state index contributed by atoms with van der Waals surface area (Å²) in [7, 11) is 0. The first kappa shape index (κ1) is 14.8. The molecule has 0 saturated heterocycles. The zero-order chi connectivity index (χ0) is 15.0. The summed E-state index contributed by atoms with van der Waals surface area (Å²) in [5, 5.41) is 0.978. The maximum absolute atomic E-state index is 6.34. The highest BCUT2D eigenvalue weighted by molar-refractivity contribution is 6.34. The molecule has 4 heteroatoms.